The summed E-state index contributed by atoms with van der Waals surface area (Å²) in [4.78, 5) is 25.9. The van der Waals surface area contributed by atoms with Crippen molar-refractivity contribution in [2.24, 2.45) is 0 Å². The Balaban J connectivity index is 2.09. The van der Waals surface area contributed by atoms with Crippen LogP contribution in [-0.4, -0.2) is 60.7 Å². The van der Waals surface area contributed by atoms with Crippen LogP contribution in [-0.2, 0) is 9.53 Å². The van der Waals surface area contributed by atoms with Crippen LogP contribution in [0.2, 0.25) is 0 Å². The summed E-state index contributed by atoms with van der Waals surface area (Å²) in [7, 11) is 2.07. The Bertz CT molecular complexity index is 809. The molecule has 1 aliphatic heterocycles. The van der Waals surface area contributed by atoms with E-state index in [1.165, 1.54) is 0 Å². The Labute approximate surface area is 146 Å². The van der Waals surface area contributed by atoms with E-state index in [0.717, 1.165) is 31.7 Å². The van der Waals surface area contributed by atoms with Gasteiger partial charge in [-0.2, -0.15) is 5.26 Å². The predicted octanol–water partition coefficient (Wildman–Crippen LogP) is 1.55. The summed E-state index contributed by atoms with van der Waals surface area (Å²) in [6, 6.07) is 9.52. The SMILES string of the molecule is CCOC(=O)C(C#N)c1nc2ccccc2nc1N1CCN(C)CC1. The van der Waals surface area contributed by atoms with Crippen LogP contribution in [0.5, 0.6) is 0 Å². The molecule has 25 heavy (non-hydrogen) atoms. The number of carbonyl (C=O) groups is 1. The fourth-order valence-corrected chi connectivity index (χ4v) is 2.90. The molecule has 0 aliphatic carbocycles. The normalized spacial score (nSPS) is 16.4. The summed E-state index contributed by atoms with van der Waals surface area (Å²) < 4.78 is 5.06. The molecule has 1 atom stereocenters. The number of likely N-dealkylation sites (N-methyl/N-ethyl adjacent to an activating group) is 1. The van der Waals surface area contributed by atoms with Crippen molar-refractivity contribution in [2.45, 2.75) is 12.8 Å². The number of nitrogens with zero attached hydrogens (tertiary/aromatic N) is 5. The molecule has 0 radical (unpaired) electrons. The lowest BCUT2D eigenvalue weighted by Gasteiger charge is -2.34. The van der Waals surface area contributed by atoms with E-state index in [1.807, 2.05) is 30.3 Å². The minimum absolute atomic E-state index is 0.224. The molecule has 0 saturated carbocycles. The number of esters is 1. The van der Waals surface area contributed by atoms with Crippen LogP contribution in [0.25, 0.3) is 11.0 Å². The number of hydrogen-bond donors (Lipinski definition) is 0. The predicted molar refractivity (Wildman–Crippen MR) is 94.2 cm³/mol. The smallest absolute Gasteiger partial charge is 0.329 e. The number of aromatic nitrogens is 2. The van der Waals surface area contributed by atoms with Gasteiger partial charge in [0.25, 0.3) is 0 Å². The monoisotopic (exact) mass is 339 g/mol. The molecule has 0 bridgehead atoms. The largest absolute Gasteiger partial charge is 0.465 e. The Hall–Kier alpha value is -2.72. The van der Waals surface area contributed by atoms with Crippen LogP contribution in [0.4, 0.5) is 5.82 Å². The molecule has 1 aliphatic rings. The van der Waals surface area contributed by atoms with Gasteiger partial charge in [-0.15, -0.1) is 0 Å². The Kier molecular flexibility index (Phi) is 5.10. The van der Waals surface area contributed by atoms with Gasteiger partial charge in [0.1, 0.15) is 5.69 Å². The molecule has 2 aromatic rings. The number of nitriles is 1. The van der Waals surface area contributed by atoms with Crippen LogP contribution >= 0.6 is 0 Å². The molecule has 1 unspecified atom stereocenters. The zero-order valence-electron chi connectivity index (χ0n) is 14.5. The lowest BCUT2D eigenvalue weighted by atomic mass is 10.1. The number of para-hydroxylation sites is 2. The van der Waals surface area contributed by atoms with Crippen LogP contribution in [0, 0.1) is 11.3 Å². The minimum Gasteiger partial charge on any atom is -0.465 e. The van der Waals surface area contributed by atoms with E-state index < -0.39 is 11.9 Å². The van der Waals surface area contributed by atoms with Gasteiger partial charge in [0, 0.05) is 26.2 Å². The van der Waals surface area contributed by atoms with E-state index in [2.05, 4.69) is 21.8 Å². The molecule has 1 aromatic heterocycles. The highest BCUT2D eigenvalue weighted by Crippen LogP contribution is 2.28. The first-order chi connectivity index (χ1) is 12.1. The first kappa shape index (κ1) is 17.1. The second kappa shape index (κ2) is 7.45. The molecule has 2 heterocycles. The van der Waals surface area contributed by atoms with E-state index in [1.54, 1.807) is 6.92 Å². The van der Waals surface area contributed by atoms with Crippen molar-refractivity contribution in [3.05, 3.63) is 30.0 Å². The molecule has 0 amide bonds. The fraction of sp³-hybridized carbons (Fsp3) is 0.444. The third kappa shape index (κ3) is 3.54. The van der Waals surface area contributed by atoms with Crippen molar-refractivity contribution >= 4 is 22.8 Å². The second-order valence-corrected chi connectivity index (χ2v) is 6.03. The lowest BCUT2D eigenvalue weighted by molar-refractivity contribution is -0.143. The summed E-state index contributed by atoms with van der Waals surface area (Å²) in [5.74, 6) is -1.05. The Morgan fingerprint density at radius 1 is 1.24 bits per heavy atom. The lowest BCUT2D eigenvalue weighted by Crippen LogP contribution is -2.45. The molecule has 3 rings (SSSR count). The standard InChI is InChI=1S/C18H21N5O2/c1-3-25-18(24)13(12-19)16-17(23-10-8-22(2)9-11-23)21-15-7-5-4-6-14(15)20-16/h4-7,13H,3,8-11H2,1-2H3. The van der Waals surface area contributed by atoms with E-state index in [4.69, 9.17) is 9.72 Å². The number of ether oxygens (including phenoxy) is 1. The maximum absolute atomic E-state index is 12.3. The summed E-state index contributed by atoms with van der Waals surface area (Å²) in [5, 5.41) is 9.57. The molecule has 0 N–H and O–H groups in total. The third-order valence-corrected chi connectivity index (χ3v) is 4.31. The molecule has 1 saturated heterocycles. The molecule has 7 nitrogen and oxygen atoms in total. The number of piperazine rings is 1. The van der Waals surface area contributed by atoms with Gasteiger partial charge in [-0.25, -0.2) is 9.97 Å². The number of rotatable bonds is 4. The van der Waals surface area contributed by atoms with Gasteiger partial charge in [-0.1, -0.05) is 12.1 Å². The summed E-state index contributed by atoms with van der Waals surface area (Å²) in [5.41, 5.74) is 1.80. The van der Waals surface area contributed by atoms with Gasteiger partial charge in [-0.05, 0) is 26.1 Å². The highest BCUT2D eigenvalue weighted by molar-refractivity contribution is 5.85. The average molecular weight is 339 g/mol. The van der Waals surface area contributed by atoms with Gasteiger partial charge in [0.2, 0.25) is 0 Å². The maximum atomic E-state index is 12.3. The molecule has 1 fully saturated rings. The van der Waals surface area contributed by atoms with Crippen molar-refractivity contribution in [3.8, 4) is 6.07 Å². The van der Waals surface area contributed by atoms with Crippen LogP contribution in [0.3, 0.4) is 0 Å². The number of hydrogen-bond acceptors (Lipinski definition) is 7. The molecule has 1 aromatic carbocycles. The molecule has 130 valence electrons. The Morgan fingerprint density at radius 2 is 1.88 bits per heavy atom. The van der Waals surface area contributed by atoms with E-state index in [-0.39, 0.29) is 6.61 Å². The topological polar surface area (TPSA) is 82.3 Å². The maximum Gasteiger partial charge on any atom is 0.329 e. The number of carbonyl (C=O) groups excluding carboxylic acids is 1. The molecule has 7 heteroatoms. The van der Waals surface area contributed by atoms with Crippen molar-refractivity contribution in [1.29, 1.82) is 5.26 Å². The van der Waals surface area contributed by atoms with Crippen molar-refractivity contribution in [2.75, 3.05) is 44.7 Å². The van der Waals surface area contributed by atoms with Gasteiger partial charge >= 0.3 is 5.97 Å². The zero-order valence-corrected chi connectivity index (χ0v) is 14.5. The van der Waals surface area contributed by atoms with Crippen molar-refractivity contribution in [3.63, 3.8) is 0 Å². The number of anilines is 1. The van der Waals surface area contributed by atoms with Gasteiger partial charge in [-0.3, -0.25) is 4.79 Å². The van der Waals surface area contributed by atoms with Crippen LogP contribution in [0.15, 0.2) is 24.3 Å². The highest BCUT2D eigenvalue weighted by atomic mass is 16.5. The summed E-state index contributed by atoms with van der Waals surface area (Å²) in [6.07, 6.45) is 0. The molecular formula is C18H21N5O2. The molecule has 0 spiro atoms. The summed E-state index contributed by atoms with van der Waals surface area (Å²) >= 11 is 0. The number of fused-ring (bicyclic) bond motifs is 1. The zero-order chi connectivity index (χ0) is 17.8. The molecular weight excluding hydrogens is 318 g/mol. The Morgan fingerprint density at radius 3 is 2.48 bits per heavy atom. The first-order valence-electron chi connectivity index (χ1n) is 8.40. The van der Waals surface area contributed by atoms with Gasteiger partial charge < -0.3 is 14.5 Å². The summed E-state index contributed by atoms with van der Waals surface area (Å²) in [6.45, 7) is 5.28. The van der Waals surface area contributed by atoms with Crippen LogP contribution in [0.1, 0.15) is 18.5 Å². The number of benzene rings is 1. The first-order valence-corrected chi connectivity index (χ1v) is 8.40. The van der Waals surface area contributed by atoms with Crippen molar-refractivity contribution in [1.82, 2.24) is 14.9 Å². The highest BCUT2D eigenvalue weighted by Gasteiger charge is 2.30. The van der Waals surface area contributed by atoms with Gasteiger partial charge in [0.15, 0.2) is 11.7 Å². The fourth-order valence-electron chi connectivity index (χ4n) is 2.90. The third-order valence-electron chi connectivity index (χ3n) is 4.31. The van der Waals surface area contributed by atoms with Gasteiger partial charge in [0.05, 0.1) is 23.7 Å². The second-order valence-electron chi connectivity index (χ2n) is 6.03. The minimum atomic E-state index is -1.08. The quantitative estimate of drug-likeness (QED) is 0.782. The van der Waals surface area contributed by atoms with Crippen LogP contribution < -0.4 is 4.90 Å². The van der Waals surface area contributed by atoms with E-state index >= 15 is 0 Å². The van der Waals surface area contributed by atoms with Crippen molar-refractivity contribution < 1.29 is 9.53 Å². The van der Waals surface area contributed by atoms with E-state index in [0.29, 0.717) is 17.0 Å². The van der Waals surface area contributed by atoms with E-state index in [9.17, 15) is 10.1 Å². The average Bonchev–Trinajstić information content (AvgIpc) is 2.63.